The van der Waals surface area contributed by atoms with Crippen LogP contribution in [0.5, 0.6) is 5.75 Å². The zero-order valence-corrected chi connectivity index (χ0v) is 14.0. The highest BCUT2D eigenvalue weighted by Crippen LogP contribution is 2.23. The summed E-state index contributed by atoms with van der Waals surface area (Å²) in [5, 5.41) is 19.0. The van der Waals surface area contributed by atoms with E-state index in [1.165, 1.54) is 16.8 Å². The second-order valence-corrected chi connectivity index (χ2v) is 5.67. The molecule has 1 aromatic heterocycles. The van der Waals surface area contributed by atoms with Crippen molar-refractivity contribution in [3.63, 3.8) is 0 Å². The van der Waals surface area contributed by atoms with E-state index in [1.807, 2.05) is 0 Å². The van der Waals surface area contributed by atoms with Crippen molar-refractivity contribution >= 4 is 23.3 Å². The lowest BCUT2D eigenvalue weighted by Gasteiger charge is -2.09. The summed E-state index contributed by atoms with van der Waals surface area (Å²) in [5.41, 5.74) is -0.101. The van der Waals surface area contributed by atoms with Crippen molar-refractivity contribution < 1.29 is 23.5 Å². The van der Waals surface area contributed by atoms with Gasteiger partial charge in [-0.15, -0.1) is 0 Å². The van der Waals surface area contributed by atoms with Gasteiger partial charge in [-0.2, -0.15) is 5.10 Å². The molecule has 3 aromatic rings. The number of amides is 2. The van der Waals surface area contributed by atoms with Gasteiger partial charge >= 0.3 is 0 Å². The Bertz CT molecular complexity index is 1010. The number of nitrogens with one attached hydrogen (secondary N) is 2. The molecule has 0 saturated heterocycles. The molecule has 2 aromatic carbocycles. The highest BCUT2D eigenvalue weighted by molar-refractivity contribution is 6.07. The molecule has 2 amide bonds. The fourth-order valence-corrected chi connectivity index (χ4v) is 2.35. The van der Waals surface area contributed by atoms with Crippen LogP contribution in [0, 0.1) is 11.6 Å². The van der Waals surface area contributed by atoms with Crippen molar-refractivity contribution in [2.24, 2.45) is 7.05 Å². The Kier molecular flexibility index (Phi) is 4.84. The molecule has 7 nitrogen and oxygen atoms in total. The Morgan fingerprint density at radius 2 is 1.70 bits per heavy atom. The SMILES string of the molecule is Cn1ccc(NC(=O)c2ccc(NC(=O)c3cc(F)cc(F)c3)cc2O)n1. The van der Waals surface area contributed by atoms with Crippen molar-refractivity contribution in [2.75, 3.05) is 10.6 Å². The third kappa shape index (κ3) is 4.27. The van der Waals surface area contributed by atoms with E-state index in [2.05, 4.69) is 15.7 Å². The number of phenols is 1. The molecule has 0 fully saturated rings. The van der Waals surface area contributed by atoms with E-state index >= 15 is 0 Å². The Morgan fingerprint density at radius 1 is 1.00 bits per heavy atom. The quantitative estimate of drug-likeness (QED) is 0.656. The number of nitrogens with zero attached hydrogens (tertiary/aromatic N) is 2. The predicted octanol–water partition coefficient (Wildman–Crippen LogP) is 2.91. The summed E-state index contributed by atoms with van der Waals surface area (Å²) in [6.07, 6.45) is 1.64. The van der Waals surface area contributed by atoms with Crippen LogP contribution in [0.1, 0.15) is 20.7 Å². The standard InChI is InChI=1S/C18H14F2N4O3/c1-24-5-4-16(23-24)22-18(27)14-3-2-13(9-15(14)25)21-17(26)10-6-11(19)8-12(20)7-10/h2-9,25H,1H3,(H,21,26)(H,22,23,27). The highest BCUT2D eigenvalue weighted by Gasteiger charge is 2.15. The van der Waals surface area contributed by atoms with Gasteiger partial charge in [-0.25, -0.2) is 8.78 Å². The predicted molar refractivity (Wildman–Crippen MR) is 93.6 cm³/mol. The maximum atomic E-state index is 13.2. The number of anilines is 2. The number of hydrogen-bond acceptors (Lipinski definition) is 4. The molecule has 138 valence electrons. The van der Waals surface area contributed by atoms with E-state index < -0.39 is 23.4 Å². The van der Waals surface area contributed by atoms with Crippen LogP contribution in [0.15, 0.2) is 48.7 Å². The fourth-order valence-electron chi connectivity index (χ4n) is 2.35. The zero-order chi connectivity index (χ0) is 19.6. The van der Waals surface area contributed by atoms with Gasteiger partial charge in [0.15, 0.2) is 5.82 Å². The molecule has 0 atom stereocenters. The van der Waals surface area contributed by atoms with Gasteiger partial charge in [-0.3, -0.25) is 14.3 Å². The summed E-state index contributed by atoms with van der Waals surface area (Å²) in [7, 11) is 1.69. The first kappa shape index (κ1) is 18.1. The number of benzene rings is 2. The van der Waals surface area contributed by atoms with Crippen molar-refractivity contribution in [2.45, 2.75) is 0 Å². The van der Waals surface area contributed by atoms with E-state index in [0.29, 0.717) is 11.9 Å². The van der Waals surface area contributed by atoms with E-state index in [1.54, 1.807) is 19.3 Å². The fraction of sp³-hybridized carbons (Fsp3) is 0.0556. The lowest BCUT2D eigenvalue weighted by Crippen LogP contribution is -2.14. The number of rotatable bonds is 4. The Balaban J connectivity index is 1.74. The number of aryl methyl sites for hydroxylation is 1. The van der Waals surface area contributed by atoms with Crippen LogP contribution in [-0.2, 0) is 7.05 Å². The average Bonchev–Trinajstić information content (AvgIpc) is 2.98. The van der Waals surface area contributed by atoms with Crippen LogP contribution in [0.3, 0.4) is 0 Å². The van der Waals surface area contributed by atoms with Gasteiger partial charge in [-0.1, -0.05) is 0 Å². The number of carbonyl (C=O) groups is 2. The summed E-state index contributed by atoms with van der Waals surface area (Å²) in [6.45, 7) is 0. The van der Waals surface area contributed by atoms with Gasteiger partial charge in [0.1, 0.15) is 17.4 Å². The first-order valence-electron chi connectivity index (χ1n) is 7.73. The summed E-state index contributed by atoms with van der Waals surface area (Å²) in [4.78, 5) is 24.3. The normalized spacial score (nSPS) is 10.5. The van der Waals surface area contributed by atoms with Gasteiger partial charge < -0.3 is 15.7 Å². The Morgan fingerprint density at radius 3 is 2.30 bits per heavy atom. The van der Waals surface area contributed by atoms with Gasteiger partial charge in [0, 0.05) is 42.7 Å². The van der Waals surface area contributed by atoms with Crippen molar-refractivity contribution in [1.82, 2.24) is 9.78 Å². The van der Waals surface area contributed by atoms with Crippen LogP contribution in [-0.4, -0.2) is 26.7 Å². The molecular weight excluding hydrogens is 358 g/mol. The van der Waals surface area contributed by atoms with E-state index in [0.717, 1.165) is 18.2 Å². The van der Waals surface area contributed by atoms with E-state index in [9.17, 15) is 23.5 Å². The maximum Gasteiger partial charge on any atom is 0.260 e. The Hall–Kier alpha value is -3.75. The first-order valence-corrected chi connectivity index (χ1v) is 7.73. The zero-order valence-electron chi connectivity index (χ0n) is 14.0. The van der Waals surface area contributed by atoms with Gasteiger partial charge in [0.05, 0.1) is 5.56 Å². The average molecular weight is 372 g/mol. The van der Waals surface area contributed by atoms with Crippen LogP contribution in [0.25, 0.3) is 0 Å². The molecule has 9 heteroatoms. The van der Waals surface area contributed by atoms with Crippen molar-refractivity contribution in [1.29, 1.82) is 0 Å². The molecule has 0 aliphatic carbocycles. The van der Waals surface area contributed by atoms with Crippen molar-refractivity contribution in [3.05, 3.63) is 71.4 Å². The highest BCUT2D eigenvalue weighted by atomic mass is 19.1. The summed E-state index contributed by atoms with van der Waals surface area (Å²) < 4.78 is 27.9. The Labute approximate surface area is 152 Å². The molecule has 0 bridgehead atoms. The van der Waals surface area contributed by atoms with E-state index in [-0.39, 0.29) is 22.6 Å². The molecule has 0 aliphatic rings. The minimum Gasteiger partial charge on any atom is -0.507 e. The molecule has 3 rings (SSSR count). The molecule has 3 N–H and O–H groups in total. The van der Waals surface area contributed by atoms with Crippen LogP contribution in [0.4, 0.5) is 20.3 Å². The maximum absolute atomic E-state index is 13.2. The van der Waals surface area contributed by atoms with Crippen LogP contribution in [0.2, 0.25) is 0 Å². The number of aromatic nitrogens is 2. The van der Waals surface area contributed by atoms with Crippen LogP contribution >= 0.6 is 0 Å². The number of carbonyl (C=O) groups excluding carboxylic acids is 2. The second kappa shape index (κ2) is 7.24. The van der Waals surface area contributed by atoms with Crippen LogP contribution < -0.4 is 10.6 Å². The number of aromatic hydroxyl groups is 1. The third-order valence-electron chi connectivity index (χ3n) is 3.58. The number of halogens is 2. The molecule has 0 radical (unpaired) electrons. The minimum atomic E-state index is -0.885. The minimum absolute atomic E-state index is 0.0320. The topological polar surface area (TPSA) is 96.2 Å². The molecule has 0 aliphatic heterocycles. The summed E-state index contributed by atoms with van der Waals surface area (Å²) in [6, 6.07) is 7.83. The van der Waals surface area contributed by atoms with E-state index in [4.69, 9.17) is 0 Å². The molecular formula is C18H14F2N4O3. The monoisotopic (exact) mass is 372 g/mol. The smallest absolute Gasteiger partial charge is 0.260 e. The summed E-state index contributed by atoms with van der Waals surface area (Å²) >= 11 is 0. The van der Waals surface area contributed by atoms with Gasteiger partial charge in [0.25, 0.3) is 11.8 Å². The lowest BCUT2D eigenvalue weighted by atomic mass is 10.1. The molecule has 0 spiro atoms. The summed E-state index contributed by atoms with van der Waals surface area (Å²) in [5.74, 6) is -3.19. The number of hydrogen-bond donors (Lipinski definition) is 3. The number of phenolic OH excluding ortho intramolecular Hbond substituents is 1. The lowest BCUT2D eigenvalue weighted by molar-refractivity contribution is 0.101. The molecule has 27 heavy (non-hydrogen) atoms. The first-order chi connectivity index (χ1) is 12.8. The molecule has 1 heterocycles. The second-order valence-electron chi connectivity index (χ2n) is 5.67. The largest absolute Gasteiger partial charge is 0.507 e. The molecule has 0 unspecified atom stereocenters. The van der Waals surface area contributed by atoms with Gasteiger partial charge in [-0.05, 0) is 24.3 Å². The molecule has 0 saturated carbocycles. The van der Waals surface area contributed by atoms with Gasteiger partial charge in [0.2, 0.25) is 0 Å². The third-order valence-corrected chi connectivity index (χ3v) is 3.58. The van der Waals surface area contributed by atoms with Crippen molar-refractivity contribution in [3.8, 4) is 5.75 Å².